The number of nitrogens with zero attached hydrogens (tertiary/aromatic N) is 2. The number of aromatic nitrogens is 2. The van der Waals surface area contributed by atoms with Crippen LogP contribution in [0, 0.1) is 13.8 Å². The van der Waals surface area contributed by atoms with Crippen LogP contribution in [0.15, 0.2) is 12.1 Å². The van der Waals surface area contributed by atoms with E-state index in [1.165, 1.54) is 0 Å². The molecule has 2 aromatic rings. The van der Waals surface area contributed by atoms with Crippen LogP contribution < -0.4 is 4.74 Å². The Hall–Kier alpha value is -1.84. The fourth-order valence-corrected chi connectivity index (χ4v) is 2.52. The number of hydrogen-bond acceptors (Lipinski definition) is 8. The summed E-state index contributed by atoms with van der Waals surface area (Å²) >= 11 is 0. The second-order valence-electron chi connectivity index (χ2n) is 6.21. The number of aryl methyl sites for hydroxylation is 2. The minimum absolute atomic E-state index is 0.000775. The molecule has 2 rings (SSSR count). The van der Waals surface area contributed by atoms with Gasteiger partial charge in [0.1, 0.15) is 12.3 Å². The Morgan fingerprint density at radius 3 is 2.11 bits per heavy atom. The predicted octanol–water partition coefficient (Wildman–Crippen LogP) is 1.81. The average Bonchev–Trinajstić information content (AvgIpc) is 2.70. The number of fused-ring (bicyclic) bond motifs is 1. The molecule has 8 nitrogen and oxygen atoms in total. The third kappa shape index (κ3) is 6.96. The number of hydrogen-bond donors (Lipinski definition) is 1. The molecule has 28 heavy (non-hydrogen) atoms. The number of benzene rings is 1. The summed E-state index contributed by atoms with van der Waals surface area (Å²) in [6.45, 7) is 7.24. The van der Waals surface area contributed by atoms with E-state index in [1.807, 2.05) is 26.0 Å². The molecule has 0 aliphatic heterocycles. The molecule has 0 aliphatic carbocycles. The largest absolute Gasteiger partial charge is 0.474 e. The van der Waals surface area contributed by atoms with Crippen molar-refractivity contribution in [3.63, 3.8) is 0 Å². The lowest BCUT2D eigenvalue weighted by Gasteiger charge is -2.14. The molecule has 0 unspecified atom stereocenters. The minimum Gasteiger partial charge on any atom is -0.474 e. The van der Waals surface area contributed by atoms with Crippen LogP contribution in [-0.2, 0) is 25.6 Å². The normalized spacial score (nSPS) is 11.3. The highest BCUT2D eigenvalue weighted by Gasteiger charge is 2.13. The van der Waals surface area contributed by atoms with E-state index in [0.29, 0.717) is 57.8 Å². The zero-order valence-corrected chi connectivity index (χ0v) is 16.9. The lowest BCUT2D eigenvalue weighted by atomic mass is 10.1. The van der Waals surface area contributed by atoms with E-state index in [2.05, 4.69) is 4.98 Å². The summed E-state index contributed by atoms with van der Waals surface area (Å²) in [6.07, 6.45) is 0. The standard InChI is InChI=1S/C20H30N2O6/c1-15-4-5-16(2)19-18(15)21-17(14-27-11-10-25-7-6-23)20(22-19)28-13-12-26-9-8-24-3/h4-5,23H,6-14H2,1-3H3. The third-order valence-corrected chi connectivity index (χ3v) is 4.01. The molecule has 0 radical (unpaired) electrons. The maximum Gasteiger partial charge on any atom is 0.238 e. The molecule has 0 saturated carbocycles. The van der Waals surface area contributed by atoms with E-state index in [4.69, 9.17) is 33.8 Å². The first-order chi connectivity index (χ1) is 13.7. The van der Waals surface area contributed by atoms with Crippen LogP contribution in [0.1, 0.15) is 16.8 Å². The molecule has 0 bridgehead atoms. The summed E-state index contributed by atoms with van der Waals surface area (Å²) in [5.41, 5.74) is 4.40. The second-order valence-corrected chi connectivity index (χ2v) is 6.21. The van der Waals surface area contributed by atoms with Crippen LogP contribution in [-0.4, -0.2) is 75.0 Å². The zero-order valence-electron chi connectivity index (χ0n) is 16.9. The summed E-state index contributed by atoms with van der Waals surface area (Å²) in [4.78, 5) is 9.43. The molecule has 1 aromatic heterocycles. The van der Waals surface area contributed by atoms with Crippen molar-refractivity contribution in [2.45, 2.75) is 20.5 Å². The molecule has 0 aliphatic rings. The van der Waals surface area contributed by atoms with Gasteiger partial charge >= 0.3 is 0 Å². The average molecular weight is 394 g/mol. The molecular formula is C20H30N2O6. The molecule has 1 heterocycles. The van der Waals surface area contributed by atoms with Gasteiger partial charge in [0.05, 0.1) is 63.9 Å². The fourth-order valence-electron chi connectivity index (χ4n) is 2.52. The molecular weight excluding hydrogens is 364 g/mol. The molecule has 0 fully saturated rings. The zero-order chi connectivity index (χ0) is 20.2. The Morgan fingerprint density at radius 1 is 0.786 bits per heavy atom. The van der Waals surface area contributed by atoms with Gasteiger partial charge in [-0.25, -0.2) is 9.97 Å². The van der Waals surface area contributed by atoms with Gasteiger partial charge in [-0.1, -0.05) is 12.1 Å². The SMILES string of the molecule is COCCOCCOc1nc2c(C)ccc(C)c2nc1COCCOCCO. The first-order valence-electron chi connectivity index (χ1n) is 9.40. The maximum atomic E-state index is 8.72. The highest BCUT2D eigenvalue weighted by molar-refractivity contribution is 5.81. The molecule has 0 amide bonds. The van der Waals surface area contributed by atoms with Crippen molar-refractivity contribution in [3.05, 3.63) is 29.0 Å². The number of rotatable bonds is 14. The van der Waals surface area contributed by atoms with Gasteiger partial charge in [-0.3, -0.25) is 0 Å². The van der Waals surface area contributed by atoms with Crippen LogP contribution in [0.25, 0.3) is 11.0 Å². The van der Waals surface area contributed by atoms with Crippen molar-refractivity contribution in [1.82, 2.24) is 9.97 Å². The van der Waals surface area contributed by atoms with E-state index < -0.39 is 0 Å². The quantitative estimate of drug-likeness (QED) is 0.485. The fraction of sp³-hybridized carbons (Fsp3) is 0.600. The van der Waals surface area contributed by atoms with Crippen LogP contribution in [0.5, 0.6) is 5.88 Å². The molecule has 0 saturated heterocycles. The summed E-state index contributed by atoms with van der Waals surface area (Å²) in [5, 5.41) is 8.72. The van der Waals surface area contributed by atoms with Gasteiger partial charge in [-0.15, -0.1) is 0 Å². The van der Waals surface area contributed by atoms with E-state index in [-0.39, 0.29) is 13.2 Å². The van der Waals surface area contributed by atoms with Crippen molar-refractivity contribution < 1.29 is 28.8 Å². The van der Waals surface area contributed by atoms with E-state index in [9.17, 15) is 0 Å². The summed E-state index contributed by atoms with van der Waals surface area (Å²) in [5.74, 6) is 0.452. The van der Waals surface area contributed by atoms with Gasteiger partial charge in [0.25, 0.3) is 0 Å². The molecule has 1 N–H and O–H groups in total. The second kappa shape index (κ2) is 12.6. The molecule has 8 heteroatoms. The molecule has 156 valence electrons. The van der Waals surface area contributed by atoms with Crippen molar-refractivity contribution >= 4 is 11.0 Å². The number of ether oxygens (including phenoxy) is 5. The Balaban J connectivity index is 2.05. The summed E-state index contributed by atoms with van der Waals surface area (Å²) in [6, 6.07) is 4.06. The maximum absolute atomic E-state index is 8.72. The van der Waals surface area contributed by atoms with Crippen molar-refractivity contribution in [2.75, 3.05) is 60.0 Å². The Kier molecular flexibility index (Phi) is 10.1. The smallest absolute Gasteiger partial charge is 0.238 e. The third-order valence-electron chi connectivity index (χ3n) is 4.01. The Bertz CT molecular complexity index is 665. The van der Waals surface area contributed by atoms with Crippen LogP contribution in [0.3, 0.4) is 0 Å². The Morgan fingerprint density at radius 2 is 1.39 bits per heavy atom. The predicted molar refractivity (Wildman–Crippen MR) is 105 cm³/mol. The van der Waals surface area contributed by atoms with Crippen LogP contribution in [0.2, 0.25) is 0 Å². The lowest BCUT2D eigenvalue weighted by Crippen LogP contribution is -2.13. The van der Waals surface area contributed by atoms with Crippen LogP contribution in [0.4, 0.5) is 0 Å². The number of aliphatic hydroxyl groups excluding tert-OH is 1. The van der Waals surface area contributed by atoms with Crippen molar-refractivity contribution in [3.8, 4) is 5.88 Å². The number of aliphatic hydroxyl groups is 1. The summed E-state index contributed by atoms with van der Waals surface area (Å²) < 4.78 is 27.1. The lowest BCUT2D eigenvalue weighted by molar-refractivity contribution is 0.0251. The topological polar surface area (TPSA) is 92.2 Å². The van der Waals surface area contributed by atoms with Gasteiger partial charge in [0.15, 0.2) is 0 Å². The summed E-state index contributed by atoms with van der Waals surface area (Å²) in [7, 11) is 1.63. The van der Waals surface area contributed by atoms with Gasteiger partial charge in [0.2, 0.25) is 5.88 Å². The minimum atomic E-state index is -0.000775. The van der Waals surface area contributed by atoms with E-state index in [1.54, 1.807) is 7.11 Å². The molecule has 0 atom stereocenters. The number of methoxy groups -OCH3 is 1. The van der Waals surface area contributed by atoms with Crippen molar-refractivity contribution in [2.24, 2.45) is 0 Å². The first kappa shape index (κ1) is 22.4. The molecule has 0 spiro atoms. The Labute approximate surface area is 165 Å². The monoisotopic (exact) mass is 394 g/mol. The first-order valence-corrected chi connectivity index (χ1v) is 9.40. The molecule has 1 aromatic carbocycles. The highest BCUT2D eigenvalue weighted by Crippen LogP contribution is 2.24. The van der Waals surface area contributed by atoms with Crippen molar-refractivity contribution in [1.29, 1.82) is 0 Å². The highest BCUT2D eigenvalue weighted by atomic mass is 16.5. The van der Waals surface area contributed by atoms with E-state index in [0.717, 1.165) is 22.2 Å². The van der Waals surface area contributed by atoms with E-state index >= 15 is 0 Å². The van der Waals surface area contributed by atoms with Gasteiger partial charge in [0, 0.05) is 7.11 Å². The van der Waals surface area contributed by atoms with Gasteiger partial charge in [-0.2, -0.15) is 0 Å². The van der Waals surface area contributed by atoms with Crippen LogP contribution >= 0.6 is 0 Å². The van der Waals surface area contributed by atoms with Gasteiger partial charge in [-0.05, 0) is 25.0 Å². The van der Waals surface area contributed by atoms with Gasteiger partial charge < -0.3 is 28.8 Å².